The molecule has 0 saturated heterocycles. The zero-order valence-corrected chi connectivity index (χ0v) is 15.8. The van der Waals surface area contributed by atoms with Crippen LogP contribution in [0.3, 0.4) is 0 Å². The molecule has 0 heterocycles. The van der Waals surface area contributed by atoms with Crippen molar-refractivity contribution in [2.24, 2.45) is 0 Å². The highest BCUT2D eigenvalue weighted by molar-refractivity contribution is 7.89. The summed E-state index contributed by atoms with van der Waals surface area (Å²) in [4.78, 5) is -0.599. The normalized spacial score (nSPS) is 13.7. The van der Waals surface area contributed by atoms with Gasteiger partial charge in [0.2, 0.25) is 10.0 Å². The van der Waals surface area contributed by atoms with E-state index in [1.54, 1.807) is 31.2 Å². The molecule has 142 valence electrons. The number of methoxy groups -OCH3 is 1. The van der Waals surface area contributed by atoms with Crippen molar-refractivity contribution in [2.45, 2.75) is 24.0 Å². The molecule has 0 aliphatic rings. The minimum atomic E-state index is -4.68. The highest BCUT2D eigenvalue weighted by Gasteiger charge is 2.35. The van der Waals surface area contributed by atoms with E-state index in [0.29, 0.717) is 17.4 Å². The number of hydrogen-bond acceptors (Lipinski definition) is 3. The summed E-state index contributed by atoms with van der Waals surface area (Å²) in [5.41, 5.74) is -0.511. The molecular weight excluding hydrogens is 391 g/mol. The molecule has 1 atom stereocenters. The van der Waals surface area contributed by atoms with Crippen LogP contribution < -0.4 is 4.74 Å². The number of benzene rings is 2. The van der Waals surface area contributed by atoms with E-state index in [0.717, 1.165) is 16.4 Å². The quantitative estimate of drug-likeness (QED) is 0.718. The second-order valence-corrected chi connectivity index (χ2v) is 7.96. The van der Waals surface area contributed by atoms with Gasteiger partial charge >= 0.3 is 6.18 Å². The Labute approximate surface area is 155 Å². The van der Waals surface area contributed by atoms with Gasteiger partial charge in [-0.15, -0.1) is 0 Å². The first-order chi connectivity index (χ1) is 12.0. The molecule has 0 fully saturated rings. The number of halogens is 4. The molecule has 0 bridgehead atoms. The van der Waals surface area contributed by atoms with Gasteiger partial charge in [0.25, 0.3) is 0 Å². The minimum Gasteiger partial charge on any atom is -0.496 e. The number of sulfonamides is 1. The average Bonchev–Trinajstić information content (AvgIpc) is 2.59. The zero-order chi connectivity index (χ0) is 19.7. The van der Waals surface area contributed by atoms with Crippen LogP contribution >= 0.6 is 11.6 Å². The lowest BCUT2D eigenvalue weighted by molar-refractivity contribution is -0.137. The topological polar surface area (TPSA) is 46.6 Å². The Morgan fingerprint density at radius 2 is 1.77 bits per heavy atom. The van der Waals surface area contributed by atoms with Crippen molar-refractivity contribution in [1.82, 2.24) is 4.31 Å². The lowest BCUT2D eigenvalue weighted by Gasteiger charge is -2.26. The van der Waals surface area contributed by atoms with E-state index >= 15 is 0 Å². The second-order valence-electron chi connectivity index (χ2n) is 5.58. The highest BCUT2D eigenvalue weighted by atomic mass is 35.5. The zero-order valence-electron chi connectivity index (χ0n) is 14.2. The van der Waals surface area contributed by atoms with Crippen LogP contribution in [-0.2, 0) is 16.2 Å². The first-order valence-corrected chi connectivity index (χ1v) is 9.29. The van der Waals surface area contributed by atoms with E-state index in [4.69, 9.17) is 16.3 Å². The van der Waals surface area contributed by atoms with Gasteiger partial charge in [-0.3, -0.25) is 0 Å². The van der Waals surface area contributed by atoms with Crippen molar-refractivity contribution >= 4 is 21.6 Å². The van der Waals surface area contributed by atoms with Gasteiger partial charge in [-0.05, 0) is 31.2 Å². The smallest absolute Gasteiger partial charge is 0.416 e. The fraction of sp³-hybridized carbons (Fsp3) is 0.294. The fourth-order valence-corrected chi connectivity index (χ4v) is 4.29. The molecule has 26 heavy (non-hydrogen) atoms. The first-order valence-electron chi connectivity index (χ1n) is 7.48. The second kappa shape index (κ2) is 7.46. The van der Waals surface area contributed by atoms with Crippen molar-refractivity contribution in [3.63, 3.8) is 0 Å². The van der Waals surface area contributed by atoms with Gasteiger partial charge in [0.15, 0.2) is 0 Å². The molecule has 4 nitrogen and oxygen atoms in total. The monoisotopic (exact) mass is 407 g/mol. The molecule has 0 saturated carbocycles. The third-order valence-electron chi connectivity index (χ3n) is 4.05. The van der Waals surface area contributed by atoms with E-state index in [1.807, 2.05) is 0 Å². The molecule has 0 aromatic heterocycles. The SMILES string of the molecule is COc1ccccc1C(C)N(C)S(=O)(=O)c1cc(C(F)(F)F)ccc1Cl. The molecule has 9 heteroatoms. The number of rotatable bonds is 5. The Balaban J connectivity index is 2.50. The summed E-state index contributed by atoms with van der Waals surface area (Å²) in [5, 5.41) is -0.280. The van der Waals surface area contributed by atoms with E-state index in [1.165, 1.54) is 14.2 Å². The summed E-state index contributed by atoms with van der Waals surface area (Å²) in [6.07, 6.45) is -4.68. The molecule has 0 aliphatic carbocycles. The van der Waals surface area contributed by atoms with Crippen LogP contribution in [-0.4, -0.2) is 26.9 Å². The van der Waals surface area contributed by atoms with Crippen molar-refractivity contribution in [1.29, 1.82) is 0 Å². The number of hydrogen-bond donors (Lipinski definition) is 0. The maximum atomic E-state index is 12.9. The van der Waals surface area contributed by atoms with Crippen LogP contribution in [0.1, 0.15) is 24.1 Å². The summed E-state index contributed by atoms with van der Waals surface area (Å²) in [6.45, 7) is 1.61. The van der Waals surface area contributed by atoms with Gasteiger partial charge in [0.1, 0.15) is 10.6 Å². The van der Waals surface area contributed by atoms with E-state index < -0.39 is 32.7 Å². The predicted molar refractivity (Wildman–Crippen MR) is 92.8 cm³/mol. The van der Waals surface area contributed by atoms with Crippen molar-refractivity contribution in [3.05, 3.63) is 58.6 Å². The maximum absolute atomic E-state index is 12.9. The third-order valence-corrected chi connectivity index (χ3v) is 6.46. The van der Waals surface area contributed by atoms with Crippen LogP contribution in [0.5, 0.6) is 5.75 Å². The van der Waals surface area contributed by atoms with Crippen LogP contribution in [0.4, 0.5) is 13.2 Å². The van der Waals surface area contributed by atoms with E-state index in [-0.39, 0.29) is 5.02 Å². The fourth-order valence-electron chi connectivity index (χ4n) is 2.45. The molecule has 2 aromatic rings. The first kappa shape index (κ1) is 20.5. The van der Waals surface area contributed by atoms with Crippen LogP contribution in [0.2, 0.25) is 5.02 Å². The molecule has 0 amide bonds. The third kappa shape index (κ3) is 3.97. The summed E-state index contributed by atoms with van der Waals surface area (Å²) >= 11 is 5.89. The highest BCUT2D eigenvalue weighted by Crippen LogP contribution is 2.37. The summed E-state index contributed by atoms with van der Waals surface area (Å²) in [7, 11) is -1.55. The van der Waals surface area contributed by atoms with Gasteiger partial charge in [0, 0.05) is 12.6 Å². The summed E-state index contributed by atoms with van der Waals surface area (Å²) < 4.78 is 70.8. The molecule has 0 spiro atoms. The summed E-state index contributed by atoms with van der Waals surface area (Å²) in [5.74, 6) is 0.470. The van der Waals surface area contributed by atoms with Crippen molar-refractivity contribution in [2.75, 3.05) is 14.2 Å². The van der Waals surface area contributed by atoms with Crippen LogP contribution in [0.25, 0.3) is 0 Å². The Hall–Kier alpha value is -1.77. The number of para-hydroxylation sites is 1. The molecule has 2 rings (SSSR count). The predicted octanol–water partition coefficient (Wildman–Crippen LogP) is 4.75. The number of alkyl halides is 3. The Morgan fingerprint density at radius 3 is 2.35 bits per heavy atom. The largest absolute Gasteiger partial charge is 0.496 e. The molecule has 0 aliphatic heterocycles. The van der Waals surface area contributed by atoms with Gasteiger partial charge in [0.05, 0.1) is 23.7 Å². The van der Waals surface area contributed by atoms with Gasteiger partial charge < -0.3 is 4.74 Å². The molecule has 0 N–H and O–H groups in total. The standard InChI is InChI=1S/C17H17ClF3NO3S/c1-11(13-6-4-5-7-15(13)25-3)22(2)26(23,24)16-10-12(17(19,20)21)8-9-14(16)18/h4-11H,1-3H3. The lowest BCUT2D eigenvalue weighted by atomic mass is 10.1. The average molecular weight is 408 g/mol. The molecule has 2 aromatic carbocycles. The molecule has 0 radical (unpaired) electrons. The van der Waals surface area contributed by atoms with Crippen LogP contribution in [0.15, 0.2) is 47.4 Å². The van der Waals surface area contributed by atoms with Crippen molar-refractivity contribution in [3.8, 4) is 5.75 Å². The van der Waals surface area contributed by atoms with Crippen LogP contribution in [0, 0.1) is 0 Å². The minimum absolute atomic E-state index is 0.280. The number of ether oxygens (including phenoxy) is 1. The van der Waals surface area contributed by atoms with Gasteiger partial charge in [-0.1, -0.05) is 29.8 Å². The van der Waals surface area contributed by atoms with Gasteiger partial charge in [-0.2, -0.15) is 17.5 Å². The molecule has 1 unspecified atom stereocenters. The number of nitrogens with zero attached hydrogens (tertiary/aromatic N) is 1. The summed E-state index contributed by atoms with van der Waals surface area (Å²) in [6, 6.07) is 8.32. The molecular formula is C17H17ClF3NO3S. The van der Waals surface area contributed by atoms with Gasteiger partial charge in [-0.25, -0.2) is 8.42 Å². The van der Waals surface area contributed by atoms with E-state index in [2.05, 4.69) is 0 Å². The maximum Gasteiger partial charge on any atom is 0.416 e. The van der Waals surface area contributed by atoms with E-state index in [9.17, 15) is 21.6 Å². The van der Waals surface area contributed by atoms with Crippen molar-refractivity contribution < 1.29 is 26.3 Å². The Kier molecular flexibility index (Phi) is 5.89. The Morgan fingerprint density at radius 1 is 1.15 bits per heavy atom. The lowest BCUT2D eigenvalue weighted by Crippen LogP contribution is -2.30. The Bertz CT molecular complexity index is 900.